The van der Waals surface area contributed by atoms with Crippen LogP contribution in [0.3, 0.4) is 0 Å². The first kappa shape index (κ1) is 20.5. The number of carbonyl (C=O) groups excluding carboxylic acids is 1. The average molecular weight is 344 g/mol. The highest BCUT2D eigenvalue weighted by Gasteiger charge is 2.29. The van der Waals surface area contributed by atoms with Crippen LogP contribution < -0.4 is 0 Å². The summed E-state index contributed by atoms with van der Waals surface area (Å²) in [5.41, 5.74) is -0.178. The lowest BCUT2D eigenvalue weighted by Gasteiger charge is -2.08. The van der Waals surface area contributed by atoms with E-state index in [9.17, 15) is 18.0 Å². The number of hydrogen-bond acceptors (Lipinski definition) is 2. The van der Waals surface area contributed by atoms with Gasteiger partial charge in [0.2, 0.25) is 0 Å². The molecule has 0 heterocycles. The number of alkyl halides is 3. The summed E-state index contributed by atoms with van der Waals surface area (Å²) in [6, 6.07) is 4.61. The molecule has 1 aromatic rings. The van der Waals surface area contributed by atoms with Crippen LogP contribution in [-0.4, -0.2) is 12.6 Å². The quantitative estimate of drug-likeness (QED) is 0.367. The highest BCUT2D eigenvalue weighted by molar-refractivity contribution is 5.72. The van der Waals surface area contributed by atoms with Crippen LogP contribution in [0, 0.1) is 0 Å². The molecule has 0 radical (unpaired) electrons. The van der Waals surface area contributed by atoms with Crippen LogP contribution in [-0.2, 0) is 22.1 Å². The predicted octanol–water partition coefficient (Wildman–Crippen LogP) is 5.93. The second kappa shape index (κ2) is 11.1. The normalized spacial score (nSPS) is 11.5. The van der Waals surface area contributed by atoms with Gasteiger partial charge in [0.1, 0.15) is 0 Å². The number of esters is 1. The Labute approximate surface area is 142 Å². The molecule has 136 valence electrons. The van der Waals surface area contributed by atoms with Gasteiger partial charge in [0.15, 0.2) is 0 Å². The first-order valence-electron chi connectivity index (χ1n) is 8.75. The minimum Gasteiger partial charge on any atom is -0.465 e. The van der Waals surface area contributed by atoms with Gasteiger partial charge in [-0.25, -0.2) is 0 Å². The van der Waals surface area contributed by atoms with Gasteiger partial charge in [-0.05, 0) is 24.1 Å². The Morgan fingerprint density at radius 1 is 0.917 bits per heavy atom. The molecule has 0 saturated heterocycles. The third-order valence-electron chi connectivity index (χ3n) is 3.89. The first-order valence-corrected chi connectivity index (χ1v) is 8.75. The van der Waals surface area contributed by atoms with E-state index in [1.807, 2.05) is 0 Å². The first-order chi connectivity index (χ1) is 11.4. The summed E-state index contributed by atoms with van der Waals surface area (Å²) >= 11 is 0. The zero-order valence-electron chi connectivity index (χ0n) is 14.3. The molecule has 0 spiro atoms. The number of unbranched alkanes of at least 4 members (excludes halogenated alkanes) is 7. The van der Waals surface area contributed by atoms with Crippen molar-refractivity contribution in [2.75, 3.05) is 6.61 Å². The SMILES string of the molecule is CCCCCCCCCCOC(=O)Cc1ccc(C(F)(F)F)cc1. The lowest BCUT2D eigenvalue weighted by Crippen LogP contribution is -2.10. The Balaban J connectivity index is 2.12. The van der Waals surface area contributed by atoms with E-state index in [1.54, 1.807) is 0 Å². The number of rotatable bonds is 11. The van der Waals surface area contributed by atoms with Crippen LogP contribution in [0.5, 0.6) is 0 Å². The number of halogens is 3. The van der Waals surface area contributed by atoms with Gasteiger partial charge in [-0.2, -0.15) is 13.2 Å². The molecule has 0 aliphatic heterocycles. The molecule has 5 heteroatoms. The summed E-state index contributed by atoms with van der Waals surface area (Å²) in [6.45, 7) is 2.58. The molecule has 1 rings (SSSR count). The standard InChI is InChI=1S/C19H27F3O2/c1-2-3-4-5-6-7-8-9-14-24-18(23)15-16-10-12-17(13-11-16)19(20,21)22/h10-13H,2-9,14-15H2,1H3. The van der Waals surface area contributed by atoms with Gasteiger partial charge in [0.05, 0.1) is 18.6 Å². The molecular weight excluding hydrogens is 317 g/mol. The van der Waals surface area contributed by atoms with Crippen LogP contribution in [0.1, 0.15) is 69.4 Å². The molecule has 0 aromatic heterocycles. The van der Waals surface area contributed by atoms with Crippen LogP contribution >= 0.6 is 0 Å². The van der Waals surface area contributed by atoms with E-state index < -0.39 is 17.7 Å². The summed E-state index contributed by atoms with van der Waals surface area (Å²) in [6.07, 6.45) is 5.01. The molecule has 2 nitrogen and oxygen atoms in total. The Morgan fingerprint density at radius 2 is 1.46 bits per heavy atom. The maximum atomic E-state index is 12.4. The third kappa shape index (κ3) is 8.94. The molecule has 0 aliphatic carbocycles. The molecule has 0 bridgehead atoms. The van der Waals surface area contributed by atoms with E-state index in [1.165, 1.54) is 44.2 Å². The molecule has 0 atom stereocenters. The van der Waals surface area contributed by atoms with E-state index in [4.69, 9.17) is 4.74 Å². The van der Waals surface area contributed by atoms with E-state index in [0.717, 1.165) is 31.4 Å². The molecule has 0 N–H and O–H groups in total. The van der Waals surface area contributed by atoms with Crippen LogP contribution in [0.25, 0.3) is 0 Å². The van der Waals surface area contributed by atoms with E-state index >= 15 is 0 Å². The van der Waals surface area contributed by atoms with Crippen molar-refractivity contribution in [1.82, 2.24) is 0 Å². The van der Waals surface area contributed by atoms with Crippen molar-refractivity contribution in [2.24, 2.45) is 0 Å². The maximum absolute atomic E-state index is 12.4. The lowest BCUT2D eigenvalue weighted by atomic mass is 10.1. The topological polar surface area (TPSA) is 26.3 Å². The van der Waals surface area contributed by atoms with Crippen LogP contribution in [0.15, 0.2) is 24.3 Å². The third-order valence-corrected chi connectivity index (χ3v) is 3.89. The Morgan fingerprint density at radius 3 is 2.00 bits per heavy atom. The molecule has 0 aliphatic rings. The fourth-order valence-corrected chi connectivity index (χ4v) is 2.45. The molecule has 0 unspecified atom stereocenters. The zero-order valence-corrected chi connectivity index (χ0v) is 14.3. The van der Waals surface area contributed by atoms with Crippen molar-refractivity contribution in [1.29, 1.82) is 0 Å². The minimum absolute atomic E-state index is 0.00908. The van der Waals surface area contributed by atoms with E-state index in [2.05, 4.69) is 6.92 Å². The van der Waals surface area contributed by atoms with Crippen molar-refractivity contribution >= 4 is 5.97 Å². The molecule has 0 saturated carbocycles. The highest BCUT2D eigenvalue weighted by Crippen LogP contribution is 2.29. The molecule has 1 aromatic carbocycles. The van der Waals surface area contributed by atoms with Crippen molar-refractivity contribution in [3.63, 3.8) is 0 Å². The van der Waals surface area contributed by atoms with Crippen molar-refractivity contribution in [3.8, 4) is 0 Å². The molecule has 24 heavy (non-hydrogen) atoms. The smallest absolute Gasteiger partial charge is 0.416 e. The van der Waals surface area contributed by atoms with Gasteiger partial charge in [-0.15, -0.1) is 0 Å². The van der Waals surface area contributed by atoms with Gasteiger partial charge in [0.25, 0.3) is 0 Å². The van der Waals surface area contributed by atoms with Crippen LogP contribution in [0.2, 0.25) is 0 Å². The van der Waals surface area contributed by atoms with Gasteiger partial charge in [0, 0.05) is 0 Å². The van der Waals surface area contributed by atoms with Gasteiger partial charge < -0.3 is 4.74 Å². The minimum atomic E-state index is -4.35. The number of hydrogen-bond donors (Lipinski definition) is 0. The molecule has 0 fully saturated rings. The average Bonchev–Trinajstić information content (AvgIpc) is 2.53. The maximum Gasteiger partial charge on any atom is 0.416 e. The summed E-state index contributed by atoms with van der Waals surface area (Å²) in [5, 5.41) is 0. The number of benzene rings is 1. The number of ether oxygens (including phenoxy) is 1. The predicted molar refractivity (Wildman–Crippen MR) is 88.7 cm³/mol. The lowest BCUT2D eigenvalue weighted by molar-refractivity contribution is -0.143. The second-order valence-corrected chi connectivity index (χ2v) is 6.07. The summed E-state index contributed by atoms with van der Waals surface area (Å²) < 4.78 is 42.5. The summed E-state index contributed by atoms with van der Waals surface area (Å²) in [4.78, 5) is 11.7. The highest BCUT2D eigenvalue weighted by atomic mass is 19.4. The molecular formula is C19H27F3O2. The fourth-order valence-electron chi connectivity index (χ4n) is 2.45. The molecule has 0 amide bonds. The summed E-state index contributed by atoms with van der Waals surface area (Å²) in [5.74, 6) is -0.391. The largest absolute Gasteiger partial charge is 0.465 e. The van der Waals surface area contributed by atoms with Gasteiger partial charge in [-0.1, -0.05) is 64.0 Å². The monoisotopic (exact) mass is 344 g/mol. The Hall–Kier alpha value is -1.52. The summed E-state index contributed by atoms with van der Waals surface area (Å²) in [7, 11) is 0. The van der Waals surface area contributed by atoms with E-state index in [0.29, 0.717) is 12.2 Å². The van der Waals surface area contributed by atoms with E-state index in [-0.39, 0.29) is 6.42 Å². The zero-order chi connectivity index (χ0) is 17.8. The Bertz CT molecular complexity index is 466. The van der Waals surface area contributed by atoms with Gasteiger partial charge >= 0.3 is 12.1 Å². The number of carbonyl (C=O) groups is 1. The van der Waals surface area contributed by atoms with Crippen molar-refractivity contribution in [3.05, 3.63) is 35.4 Å². The van der Waals surface area contributed by atoms with Crippen LogP contribution in [0.4, 0.5) is 13.2 Å². The Kier molecular flexibility index (Phi) is 9.50. The van der Waals surface area contributed by atoms with Crippen molar-refractivity contribution < 1.29 is 22.7 Å². The van der Waals surface area contributed by atoms with Crippen molar-refractivity contribution in [2.45, 2.75) is 70.9 Å². The second-order valence-electron chi connectivity index (χ2n) is 6.07. The van der Waals surface area contributed by atoms with Gasteiger partial charge in [-0.3, -0.25) is 4.79 Å². The fraction of sp³-hybridized carbons (Fsp3) is 0.632.